The first kappa shape index (κ1) is 18.2. The van der Waals surface area contributed by atoms with Gasteiger partial charge in [-0.2, -0.15) is 0 Å². The van der Waals surface area contributed by atoms with Crippen LogP contribution in [-0.2, 0) is 11.2 Å². The van der Waals surface area contributed by atoms with E-state index in [9.17, 15) is 14.0 Å². The van der Waals surface area contributed by atoms with Crippen LogP contribution in [0.3, 0.4) is 0 Å². The predicted octanol–water partition coefficient (Wildman–Crippen LogP) is 3.51. The van der Waals surface area contributed by atoms with E-state index in [4.69, 9.17) is 0 Å². The lowest BCUT2D eigenvalue weighted by molar-refractivity contribution is -0.131. The summed E-state index contributed by atoms with van der Waals surface area (Å²) in [7, 11) is 0. The van der Waals surface area contributed by atoms with E-state index in [1.807, 2.05) is 47.4 Å². The number of carbonyl (C=O) groups is 2. The number of hydrogen-bond acceptors (Lipinski definition) is 2. The van der Waals surface area contributed by atoms with Gasteiger partial charge in [-0.1, -0.05) is 48.5 Å². The highest BCUT2D eigenvalue weighted by Gasteiger charge is 2.25. The summed E-state index contributed by atoms with van der Waals surface area (Å²) in [5.41, 5.74) is 1.49. The maximum absolute atomic E-state index is 13.0. The number of halogens is 1. The quantitative estimate of drug-likeness (QED) is 0.702. The molecule has 3 aromatic carbocycles. The van der Waals surface area contributed by atoms with Crippen molar-refractivity contribution in [2.75, 3.05) is 26.2 Å². The molecule has 0 aliphatic carbocycles. The maximum atomic E-state index is 13.0. The van der Waals surface area contributed by atoms with Gasteiger partial charge < -0.3 is 9.80 Å². The van der Waals surface area contributed by atoms with E-state index in [1.54, 1.807) is 17.0 Å². The van der Waals surface area contributed by atoms with E-state index in [2.05, 4.69) is 0 Å². The monoisotopic (exact) mass is 376 g/mol. The Hall–Kier alpha value is -3.21. The van der Waals surface area contributed by atoms with Gasteiger partial charge in [0.15, 0.2) is 0 Å². The molecule has 0 atom stereocenters. The van der Waals surface area contributed by atoms with E-state index in [0.29, 0.717) is 31.7 Å². The molecule has 0 unspecified atom stereocenters. The second-order valence-electron chi connectivity index (χ2n) is 7.00. The summed E-state index contributed by atoms with van der Waals surface area (Å²) in [4.78, 5) is 29.1. The number of amides is 2. The summed E-state index contributed by atoms with van der Waals surface area (Å²) >= 11 is 0. The number of piperazine rings is 1. The van der Waals surface area contributed by atoms with Crippen LogP contribution in [0.25, 0.3) is 10.8 Å². The normalized spacial score (nSPS) is 14.3. The molecule has 4 rings (SSSR count). The van der Waals surface area contributed by atoms with Crippen molar-refractivity contribution in [1.29, 1.82) is 0 Å². The van der Waals surface area contributed by atoms with Gasteiger partial charge in [0.2, 0.25) is 5.91 Å². The first-order valence-electron chi connectivity index (χ1n) is 9.41. The number of nitrogens with zero attached hydrogens (tertiary/aromatic N) is 2. The van der Waals surface area contributed by atoms with Crippen molar-refractivity contribution >= 4 is 22.6 Å². The fraction of sp³-hybridized carbons (Fsp3) is 0.217. The molecule has 1 saturated heterocycles. The van der Waals surface area contributed by atoms with Crippen LogP contribution in [0, 0.1) is 5.82 Å². The molecule has 1 aliphatic rings. The van der Waals surface area contributed by atoms with Gasteiger partial charge >= 0.3 is 0 Å². The molecular weight excluding hydrogens is 355 g/mol. The third kappa shape index (κ3) is 3.74. The minimum Gasteiger partial charge on any atom is -0.339 e. The predicted molar refractivity (Wildman–Crippen MR) is 107 cm³/mol. The Morgan fingerprint density at radius 2 is 1.43 bits per heavy atom. The SMILES string of the molecule is O=C(Cc1ccc(F)cc1)N1CCN(C(=O)c2cccc3ccccc23)CC1. The molecule has 0 saturated carbocycles. The lowest BCUT2D eigenvalue weighted by Gasteiger charge is -2.35. The average Bonchev–Trinajstić information content (AvgIpc) is 2.74. The minimum atomic E-state index is -0.309. The topological polar surface area (TPSA) is 40.6 Å². The minimum absolute atomic E-state index is 0.00225. The highest BCUT2D eigenvalue weighted by molar-refractivity contribution is 6.07. The molecule has 0 aromatic heterocycles. The molecular formula is C23H21FN2O2. The molecule has 3 aromatic rings. The van der Waals surface area contributed by atoms with Crippen LogP contribution >= 0.6 is 0 Å². The molecule has 142 valence electrons. The van der Waals surface area contributed by atoms with E-state index >= 15 is 0 Å². The van der Waals surface area contributed by atoms with Gasteiger partial charge in [0, 0.05) is 31.7 Å². The number of fused-ring (bicyclic) bond motifs is 1. The summed E-state index contributed by atoms with van der Waals surface area (Å²) in [6.07, 6.45) is 0.248. The lowest BCUT2D eigenvalue weighted by Crippen LogP contribution is -2.51. The van der Waals surface area contributed by atoms with Crippen molar-refractivity contribution in [3.63, 3.8) is 0 Å². The van der Waals surface area contributed by atoms with Crippen molar-refractivity contribution in [3.8, 4) is 0 Å². The van der Waals surface area contributed by atoms with Gasteiger partial charge in [-0.25, -0.2) is 4.39 Å². The molecule has 1 heterocycles. The van der Waals surface area contributed by atoms with Crippen LogP contribution in [-0.4, -0.2) is 47.8 Å². The van der Waals surface area contributed by atoms with E-state index in [0.717, 1.165) is 16.3 Å². The Morgan fingerprint density at radius 1 is 0.786 bits per heavy atom. The third-order valence-corrected chi connectivity index (χ3v) is 5.21. The first-order chi connectivity index (χ1) is 13.6. The van der Waals surface area contributed by atoms with Crippen LogP contribution in [0.2, 0.25) is 0 Å². The Morgan fingerprint density at radius 3 is 2.18 bits per heavy atom. The zero-order chi connectivity index (χ0) is 19.5. The van der Waals surface area contributed by atoms with Crippen LogP contribution in [0.1, 0.15) is 15.9 Å². The molecule has 0 bridgehead atoms. The number of carbonyl (C=O) groups excluding carboxylic acids is 2. The van der Waals surface area contributed by atoms with E-state index < -0.39 is 0 Å². The zero-order valence-electron chi connectivity index (χ0n) is 15.5. The molecule has 0 spiro atoms. The lowest BCUT2D eigenvalue weighted by atomic mass is 10.0. The molecule has 1 fully saturated rings. The van der Waals surface area contributed by atoms with Crippen LogP contribution in [0.5, 0.6) is 0 Å². The number of benzene rings is 3. The largest absolute Gasteiger partial charge is 0.339 e. The van der Waals surface area contributed by atoms with Crippen molar-refractivity contribution in [2.24, 2.45) is 0 Å². The van der Waals surface area contributed by atoms with Gasteiger partial charge in [0.1, 0.15) is 5.82 Å². The van der Waals surface area contributed by atoms with Crippen molar-refractivity contribution in [1.82, 2.24) is 9.80 Å². The van der Waals surface area contributed by atoms with E-state index in [-0.39, 0.29) is 24.1 Å². The molecule has 28 heavy (non-hydrogen) atoms. The van der Waals surface area contributed by atoms with Gasteiger partial charge in [-0.15, -0.1) is 0 Å². The summed E-state index contributed by atoms with van der Waals surface area (Å²) in [5, 5.41) is 1.99. The van der Waals surface area contributed by atoms with Crippen molar-refractivity contribution < 1.29 is 14.0 Å². The maximum Gasteiger partial charge on any atom is 0.254 e. The van der Waals surface area contributed by atoms with Gasteiger partial charge in [0.25, 0.3) is 5.91 Å². The van der Waals surface area contributed by atoms with Crippen molar-refractivity contribution in [3.05, 3.63) is 83.7 Å². The fourth-order valence-corrected chi connectivity index (χ4v) is 3.63. The first-order valence-corrected chi connectivity index (χ1v) is 9.41. The summed E-state index contributed by atoms with van der Waals surface area (Å²) in [5.74, 6) is -0.303. The third-order valence-electron chi connectivity index (χ3n) is 5.21. The standard InChI is InChI=1S/C23H21FN2O2/c24-19-10-8-17(9-11-19)16-22(27)25-12-14-26(15-13-25)23(28)21-7-3-5-18-4-1-2-6-20(18)21/h1-11H,12-16H2. The fourth-order valence-electron chi connectivity index (χ4n) is 3.63. The summed E-state index contributed by atoms with van der Waals surface area (Å²) in [6, 6.07) is 19.6. The molecule has 2 amide bonds. The van der Waals surface area contributed by atoms with Crippen LogP contribution < -0.4 is 0 Å². The molecule has 4 nitrogen and oxygen atoms in total. The highest BCUT2D eigenvalue weighted by atomic mass is 19.1. The van der Waals surface area contributed by atoms with Crippen LogP contribution in [0.15, 0.2) is 66.7 Å². The Balaban J connectivity index is 1.40. The molecule has 0 N–H and O–H groups in total. The van der Waals surface area contributed by atoms with Crippen molar-refractivity contribution in [2.45, 2.75) is 6.42 Å². The van der Waals surface area contributed by atoms with Crippen LogP contribution in [0.4, 0.5) is 4.39 Å². The van der Waals surface area contributed by atoms with E-state index in [1.165, 1.54) is 12.1 Å². The second-order valence-corrected chi connectivity index (χ2v) is 7.00. The van der Waals surface area contributed by atoms with Gasteiger partial charge in [-0.05, 0) is 34.5 Å². The number of hydrogen-bond donors (Lipinski definition) is 0. The summed E-state index contributed by atoms with van der Waals surface area (Å²) < 4.78 is 13.0. The highest BCUT2D eigenvalue weighted by Crippen LogP contribution is 2.21. The second kappa shape index (κ2) is 7.80. The average molecular weight is 376 g/mol. The Bertz CT molecular complexity index is 1000. The smallest absolute Gasteiger partial charge is 0.254 e. The molecule has 1 aliphatic heterocycles. The van der Waals surface area contributed by atoms with Gasteiger partial charge in [-0.3, -0.25) is 9.59 Å². The van der Waals surface area contributed by atoms with Gasteiger partial charge in [0.05, 0.1) is 6.42 Å². The Kier molecular flexibility index (Phi) is 5.06. The zero-order valence-corrected chi connectivity index (χ0v) is 15.5. The molecule has 5 heteroatoms. The molecule has 0 radical (unpaired) electrons. The Labute approximate surface area is 163 Å². The number of rotatable bonds is 3. The summed E-state index contributed by atoms with van der Waals surface area (Å²) in [6.45, 7) is 2.04.